The second-order valence-corrected chi connectivity index (χ2v) is 9.53. The van der Waals surface area contributed by atoms with Gasteiger partial charge >= 0.3 is 0 Å². The van der Waals surface area contributed by atoms with Gasteiger partial charge in [-0.15, -0.1) is 0 Å². The minimum absolute atomic E-state index is 0.0911. The fourth-order valence-corrected chi connectivity index (χ4v) is 4.78. The summed E-state index contributed by atoms with van der Waals surface area (Å²) in [6.07, 6.45) is 6.04. The number of carbonyl (C=O) groups is 2. The number of halogens is 1. The van der Waals surface area contributed by atoms with E-state index in [-0.39, 0.29) is 18.0 Å². The maximum Gasteiger partial charge on any atom is 0.252 e. The molecule has 2 atom stereocenters. The Balaban J connectivity index is 1.27. The van der Waals surface area contributed by atoms with Crippen LogP contribution < -0.4 is 26.2 Å². The Hall–Kier alpha value is -4.79. The summed E-state index contributed by atoms with van der Waals surface area (Å²) in [5.74, 6) is 0.909. The Bertz CT molecular complexity index is 1390. The Morgan fingerprint density at radius 1 is 1.08 bits per heavy atom. The molecule has 2 amide bonds. The Labute approximate surface area is 224 Å². The van der Waals surface area contributed by atoms with Crippen molar-refractivity contribution in [3.05, 3.63) is 60.0 Å². The summed E-state index contributed by atoms with van der Waals surface area (Å²) >= 11 is 0. The predicted molar refractivity (Wildman–Crippen MR) is 145 cm³/mol. The zero-order valence-corrected chi connectivity index (χ0v) is 21.2. The third kappa shape index (κ3) is 5.87. The molecule has 5 rings (SSSR count). The van der Waals surface area contributed by atoms with Crippen LogP contribution in [0.5, 0.6) is 0 Å². The molecule has 2 saturated heterocycles. The number of piperidine rings is 2. The first kappa shape index (κ1) is 25.8. The molecule has 2 fully saturated rings. The zero-order valence-electron chi connectivity index (χ0n) is 21.2. The van der Waals surface area contributed by atoms with E-state index in [4.69, 9.17) is 11.0 Å². The molecule has 12 heteroatoms. The maximum atomic E-state index is 15.2. The second-order valence-electron chi connectivity index (χ2n) is 9.53. The van der Waals surface area contributed by atoms with E-state index >= 15 is 4.39 Å². The molecule has 0 aliphatic carbocycles. The van der Waals surface area contributed by atoms with Gasteiger partial charge in [0.1, 0.15) is 29.7 Å². The third-order valence-electron chi connectivity index (χ3n) is 6.89. The molecule has 2 aliphatic rings. The van der Waals surface area contributed by atoms with E-state index in [0.29, 0.717) is 54.6 Å². The molecular formula is C27H28FN9O2. The van der Waals surface area contributed by atoms with Crippen LogP contribution in [0.1, 0.15) is 41.6 Å². The number of nitrogens with zero attached hydrogens (tertiary/aromatic N) is 6. The molecule has 11 nitrogen and oxygen atoms in total. The van der Waals surface area contributed by atoms with E-state index in [1.54, 1.807) is 35.4 Å². The molecule has 0 radical (unpaired) electrons. The average Bonchev–Trinajstić information content (AvgIpc) is 2.95. The quantitative estimate of drug-likeness (QED) is 0.419. The highest BCUT2D eigenvalue weighted by Crippen LogP contribution is 2.27. The summed E-state index contributed by atoms with van der Waals surface area (Å²) in [5, 5.41) is 15.2. The number of aromatic nitrogens is 3. The number of carbonyl (C=O) groups excluding carboxylic acids is 2. The number of nitriles is 1. The van der Waals surface area contributed by atoms with Crippen molar-refractivity contribution in [1.82, 2.24) is 15.0 Å². The first-order valence-electron chi connectivity index (χ1n) is 12.8. The number of hydrogen-bond acceptors (Lipinski definition) is 9. The maximum absolute atomic E-state index is 15.2. The molecule has 3 aromatic rings. The van der Waals surface area contributed by atoms with Crippen LogP contribution in [0, 0.1) is 11.3 Å². The number of primary amides is 1. The van der Waals surface area contributed by atoms with Crippen LogP contribution in [0.3, 0.4) is 0 Å². The number of amides is 2. The minimum atomic E-state index is -1.26. The van der Waals surface area contributed by atoms with Crippen LogP contribution in [0.2, 0.25) is 0 Å². The van der Waals surface area contributed by atoms with Crippen molar-refractivity contribution in [3.63, 3.8) is 0 Å². The highest BCUT2D eigenvalue weighted by atomic mass is 19.1. The number of pyridine rings is 3. The number of alkyl halides is 1. The molecule has 0 saturated carbocycles. The molecule has 5 heterocycles. The van der Waals surface area contributed by atoms with E-state index in [9.17, 15) is 9.59 Å². The van der Waals surface area contributed by atoms with Gasteiger partial charge in [-0.1, -0.05) is 0 Å². The van der Waals surface area contributed by atoms with Gasteiger partial charge < -0.3 is 26.2 Å². The van der Waals surface area contributed by atoms with Crippen molar-refractivity contribution >= 4 is 40.6 Å². The standard InChI is InChI=1S/C27H28FN9O2/c28-20-16-36(25-7-4-17(12-29)13-33-25)10-8-21(20)34-22-11-24(32-15-19(22)27(30)39)35-23-6-5-18(14-31-23)37-9-2-1-3-26(37)38/h4-7,11,13-15,20-21H,1-3,8-10,16H2,(H2,30,39)(H2,31,32,34,35)/t20-,21-/m0/s1. The minimum Gasteiger partial charge on any atom is -0.378 e. The van der Waals surface area contributed by atoms with Gasteiger partial charge in [0.05, 0.1) is 41.3 Å². The summed E-state index contributed by atoms with van der Waals surface area (Å²) < 4.78 is 15.2. The van der Waals surface area contributed by atoms with Crippen molar-refractivity contribution in [1.29, 1.82) is 5.26 Å². The fraction of sp³-hybridized carbons (Fsp3) is 0.333. The van der Waals surface area contributed by atoms with E-state index in [0.717, 1.165) is 18.5 Å². The second kappa shape index (κ2) is 11.3. The van der Waals surface area contributed by atoms with Crippen LogP contribution in [0.4, 0.5) is 33.2 Å². The Morgan fingerprint density at radius 3 is 2.59 bits per heavy atom. The zero-order chi connectivity index (χ0) is 27.4. The van der Waals surface area contributed by atoms with Crippen molar-refractivity contribution in [2.24, 2.45) is 5.73 Å². The topological polar surface area (TPSA) is 153 Å². The van der Waals surface area contributed by atoms with Gasteiger partial charge in [-0.05, 0) is 43.5 Å². The van der Waals surface area contributed by atoms with E-state index in [1.807, 2.05) is 17.0 Å². The fourth-order valence-electron chi connectivity index (χ4n) is 4.78. The van der Waals surface area contributed by atoms with Crippen LogP contribution >= 0.6 is 0 Å². The number of nitrogens with two attached hydrogens (primary N) is 1. The molecule has 0 bridgehead atoms. The largest absolute Gasteiger partial charge is 0.378 e. The van der Waals surface area contributed by atoms with Gasteiger partial charge in [-0.2, -0.15) is 5.26 Å². The van der Waals surface area contributed by atoms with Crippen LogP contribution in [0.15, 0.2) is 48.9 Å². The lowest BCUT2D eigenvalue weighted by atomic mass is 10.0. The highest BCUT2D eigenvalue weighted by Gasteiger charge is 2.31. The lowest BCUT2D eigenvalue weighted by molar-refractivity contribution is -0.119. The first-order valence-corrected chi connectivity index (χ1v) is 12.8. The van der Waals surface area contributed by atoms with Crippen LogP contribution in [-0.4, -0.2) is 58.6 Å². The number of nitrogens with one attached hydrogen (secondary N) is 2. The van der Waals surface area contributed by atoms with Gasteiger partial charge in [-0.25, -0.2) is 19.3 Å². The van der Waals surface area contributed by atoms with Gasteiger partial charge in [0.15, 0.2) is 0 Å². The molecule has 0 spiro atoms. The number of hydrogen-bond donors (Lipinski definition) is 3. The average molecular weight is 530 g/mol. The third-order valence-corrected chi connectivity index (χ3v) is 6.89. The lowest BCUT2D eigenvalue weighted by Gasteiger charge is -2.36. The van der Waals surface area contributed by atoms with E-state index < -0.39 is 18.1 Å². The summed E-state index contributed by atoms with van der Waals surface area (Å²) in [6.45, 7) is 1.32. The number of rotatable bonds is 7. The Kier molecular flexibility index (Phi) is 7.49. The van der Waals surface area contributed by atoms with Crippen molar-refractivity contribution < 1.29 is 14.0 Å². The van der Waals surface area contributed by atoms with Crippen molar-refractivity contribution in [3.8, 4) is 6.07 Å². The first-order chi connectivity index (χ1) is 18.9. The summed E-state index contributed by atoms with van der Waals surface area (Å²) in [7, 11) is 0. The Morgan fingerprint density at radius 2 is 1.92 bits per heavy atom. The highest BCUT2D eigenvalue weighted by molar-refractivity contribution is 5.98. The van der Waals surface area contributed by atoms with Crippen LogP contribution in [-0.2, 0) is 4.79 Å². The normalized spacial score (nSPS) is 19.3. The van der Waals surface area contributed by atoms with Crippen molar-refractivity contribution in [2.45, 2.75) is 37.9 Å². The monoisotopic (exact) mass is 529 g/mol. The SMILES string of the molecule is N#Cc1ccc(N2CC[C@H](Nc3cc(Nc4ccc(N5CCCCC5=O)cn4)ncc3C(N)=O)[C@@H](F)C2)nc1. The summed E-state index contributed by atoms with van der Waals surface area (Å²) in [5.41, 5.74) is 7.26. The lowest BCUT2D eigenvalue weighted by Crippen LogP contribution is -2.48. The van der Waals surface area contributed by atoms with Crippen LogP contribution in [0.25, 0.3) is 0 Å². The molecule has 200 valence electrons. The van der Waals surface area contributed by atoms with Gasteiger partial charge in [0, 0.05) is 38.0 Å². The molecule has 2 aliphatic heterocycles. The predicted octanol–water partition coefficient (Wildman–Crippen LogP) is 3.13. The smallest absolute Gasteiger partial charge is 0.252 e. The number of anilines is 5. The molecule has 39 heavy (non-hydrogen) atoms. The van der Waals surface area contributed by atoms with Gasteiger partial charge in [-0.3, -0.25) is 9.59 Å². The van der Waals surface area contributed by atoms with Gasteiger partial charge in [0.25, 0.3) is 5.91 Å². The molecule has 4 N–H and O–H groups in total. The van der Waals surface area contributed by atoms with Crippen molar-refractivity contribution in [2.75, 3.05) is 40.1 Å². The molecule has 0 unspecified atom stereocenters. The van der Waals surface area contributed by atoms with E-state index in [2.05, 4.69) is 25.6 Å². The van der Waals surface area contributed by atoms with E-state index in [1.165, 1.54) is 12.4 Å². The summed E-state index contributed by atoms with van der Waals surface area (Å²) in [6, 6.07) is 9.99. The molecule has 3 aromatic heterocycles. The molecular weight excluding hydrogens is 501 g/mol. The van der Waals surface area contributed by atoms with Gasteiger partial charge in [0.2, 0.25) is 5.91 Å². The summed E-state index contributed by atoms with van der Waals surface area (Å²) in [4.78, 5) is 40.7. The molecule has 0 aromatic carbocycles.